The van der Waals surface area contributed by atoms with Crippen molar-refractivity contribution in [1.29, 1.82) is 0 Å². The van der Waals surface area contributed by atoms with Gasteiger partial charge in [-0.05, 0) is 50.5 Å². The van der Waals surface area contributed by atoms with Gasteiger partial charge in [-0.25, -0.2) is 8.42 Å². The SMILES string of the molecule is Cc1noc(C)c1S(=O)(=O)N1CCC(C(=O)N(Cc2cccnc2)Cc2ccco2)CC1. The van der Waals surface area contributed by atoms with Crippen LogP contribution in [-0.4, -0.2) is 46.8 Å². The minimum absolute atomic E-state index is 0.0142. The van der Waals surface area contributed by atoms with Gasteiger partial charge in [0, 0.05) is 37.9 Å². The van der Waals surface area contributed by atoms with E-state index in [0.717, 1.165) is 5.56 Å². The molecule has 1 aliphatic heterocycles. The van der Waals surface area contributed by atoms with Crippen molar-refractivity contribution in [3.63, 3.8) is 0 Å². The van der Waals surface area contributed by atoms with E-state index in [1.165, 1.54) is 4.31 Å². The molecule has 170 valence electrons. The van der Waals surface area contributed by atoms with Gasteiger partial charge < -0.3 is 13.8 Å². The average molecular weight is 459 g/mol. The number of pyridine rings is 1. The van der Waals surface area contributed by atoms with Crippen LogP contribution in [0.1, 0.15) is 35.6 Å². The molecule has 0 aliphatic carbocycles. The van der Waals surface area contributed by atoms with Gasteiger partial charge in [-0.15, -0.1) is 0 Å². The van der Waals surface area contributed by atoms with E-state index in [0.29, 0.717) is 37.4 Å². The zero-order valence-electron chi connectivity index (χ0n) is 18.1. The molecule has 32 heavy (non-hydrogen) atoms. The third-order valence-corrected chi connectivity index (χ3v) is 7.85. The maximum absolute atomic E-state index is 13.4. The molecule has 1 amide bonds. The highest BCUT2D eigenvalue weighted by Crippen LogP contribution is 2.29. The molecular weight excluding hydrogens is 432 g/mol. The summed E-state index contributed by atoms with van der Waals surface area (Å²) in [7, 11) is -3.71. The van der Waals surface area contributed by atoms with E-state index in [-0.39, 0.29) is 35.6 Å². The summed E-state index contributed by atoms with van der Waals surface area (Å²) in [6, 6.07) is 7.39. The summed E-state index contributed by atoms with van der Waals surface area (Å²) in [4.78, 5) is 19.4. The lowest BCUT2D eigenvalue weighted by molar-refractivity contribution is -0.138. The summed E-state index contributed by atoms with van der Waals surface area (Å²) >= 11 is 0. The third-order valence-electron chi connectivity index (χ3n) is 5.70. The predicted octanol–water partition coefficient (Wildman–Crippen LogP) is 2.91. The molecule has 0 atom stereocenters. The Balaban J connectivity index is 1.46. The highest BCUT2D eigenvalue weighted by atomic mass is 32.2. The number of aryl methyl sites for hydroxylation is 2. The molecule has 3 aromatic heterocycles. The van der Waals surface area contributed by atoms with E-state index < -0.39 is 10.0 Å². The summed E-state index contributed by atoms with van der Waals surface area (Å²) in [6.45, 7) is 4.50. The Kier molecular flexibility index (Phi) is 6.43. The second-order valence-electron chi connectivity index (χ2n) is 7.97. The minimum Gasteiger partial charge on any atom is -0.467 e. The summed E-state index contributed by atoms with van der Waals surface area (Å²) in [5.41, 5.74) is 1.27. The fourth-order valence-electron chi connectivity index (χ4n) is 4.09. The standard InChI is InChI=1S/C22H26N4O5S/c1-16-21(17(2)31-24-16)32(28,29)26-10-7-19(8-11-26)22(27)25(15-20-6-4-12-30-20)14-18-5-3-9-23-13-18/h3-6,9,12-13,19H,7-8,10-11,14-15H2,1-2H3. The number of nitrogens with zero attached hydrogens (tertiary/aromatic N) is 4. The first kappa shape index (κ1) is 22.2. The summed E-state index contributed by atoms with van der Waals surface area (Å²) < 4.78 is 38.0. The molecule has 0 N–H and O–H groups in total. The number of rotatable bonds is 7. The van der Waals surface area contributed by atoms with Gasteiger partial charge in [-0.3, -0.25) is 9.78 Å². The Bertz CT molecular complexity index is 1130. The van der Waals surface area contributed by atoms with Crippen LogP contribution >= 0.6 is 0 Å². The fourth-order valence-corrected chi connectivity index (χ4v) is 5.85. The molecule has 1 aliphatic rings. The Labute approximate surface area is 187 Å². The number of amides is 1. The number of carbonyl (C=O) groups is 1. The second kappa shape index (κ2) is 9.25. The van der Waals surface area contributed by atoms with Crippen molar-refractivity contribution in [2.24, 2.45) is 5.92 Å². The van der Waals surface area contributed by atoms with E-state index >= 15 is 0 Å². The molecule has 10 heteroatoms. The number of furan rings is 1. The summed E-state index contributed by atoms with van der Waals surface area (Å²) in [6.07, 6.45) is 5.91. The van der Waals surface area contributed by atoms with Crippen LogP contribution in [-0.2, 0) is 27.9 Å². The van der Waals surface area contributed by atoms with Gasteiger partial charge in [0.2, 0.25) is 15.9 Å². The van der Waals surface area contributed by atoms with Crippen LogP contribution in [0.2, 0.25) is 0 Å². The van der Waals surface area contributed by atoms with Crippen LogP contribution in [0.5, 0.6) is 0 Å². The molecule has 0 saturated carbocycles. The molecule has 0 bridgehead atoms. The number of carbonyl (C=O) groups excluding carboxylic acids is 1. The van der Waals surface area contributed by atoms with E-state index in [1.807, 2.05) is 18.2 Å². The highest BCUT2D eigenvalue weighted by Gasteiger charge is 2.36. The van der Waals surface area contributed by atoms with E-state index in [1.54, 1.807) is 43.5 Å². The topological polar surface area (TPSA) is 110 Å². The van der Waals surface area contributed by atoms with Crippen molar-refractivity contribution < 1.29 is 22.2 Å². The van der Waals surface area contributed by atoms with Crippen LogP contribution < -0.4 is 0 Å². The monoisotopic (exact) mass is 458 g/mol. The van der Waals surface area contributed by atoms with E-state index in [2.05, 4.69) is 10.1 Å². The minimum atomic E-state index is -3.71. The molecule has 0 unspecified atom stereocenters. The van der Waals surface area contributed by atoms with Gasteiger partial charge in [-0.2, -0.15) is 4.31 Å². The van der Waals surface area contributed by atoms with Crippen molar-refractivity contribution in [2.75, 3.05) is 13.1 Å². The van der Waals surface area contributed by atoms with Gasteiger partial charge in [0.25, 0.3) is 0 Å². The molecule has 4 rings (SSSR count). The van der Waals surface area contributed by atoms with Crippen molar-refractivity contribution in [2.45, 2.75) is 44.7 Å². The zero-order chi connectivity index (χ0) is 22.7. The molecule has 0 aromatic carbocycles. The van der Waals surface area contributed by atoms with Gasteiger partial charge >= 0.3 is 0 Å². The maximum Gasteiger partial charge on any atom is 0.248 e. The number of hydrogen-bond donors (Lipinski definition) is 0. The first-order chi connectivity index (χ1) is 15.4. The van der Waals surface area contributed by atoms with Crippen LogP contribution in [0.4, 0.5) is 0 Å². The molecule has 4 heterocycles. The normalized spacial score (nSPS) is 15.7. The van der Waals surface area contributed by atoms with Crippen molar-refractivity contribution in [3.8, 4) is 0 Å². The molecule has 1 fully saturated rings. The number of sulfonamides is 1. The number of hydrogen-bond acceptors (Lipinski definition) is 7. The van der Waals surface area contributed by atoms with Gasteiger partial charge in [0.05, 0.1) is 12.8 Å². The largest absolute Gasteiger partial charge is 0.467 e. The van der Waals surface area contributed by atoms with Gasteiger partial charge in [0.1, 0.15) is 16.3 Å². The molecule has 3 aromatic rings. The smallest absolute Gasteiger partial charge is 0.248 e. The Morgan fingerprint density at radius 1 is 1.19 bits per heavy atom. The van der Waals surface area contributed by atoms with Crippen molar-refractivity contribution in [3.05, 3.63) is 65.7 Å². The van der Waals surface area contributed by atoms with Crippen molar-refractivity contribution >= 4 is 15.9 Å². The first-order valence-electron chi connectivity index (χ1n) is 10.5. The molecule has 9 nitrogen and oxygen atoms in total. The Morgan fingerprint density at radius 3 is 2.56 bits per heavy atom. The number of aromatic nitrogens is 2. The summed E-state index contributed by atoms with van der Waals surface area (Å²) in [5, 5.41) is 3.76. The average Bonchev–Trinajstić information content (AvgIpc) is 3.43. The lowest BCUT2D eigenvalue weighted by Gasteiger charge is -2.33. The Morgan fingerprint density at radius 2 is 1.97 bits per heavy atom. The quantitative estimate of drug-likeness (QED) is 0.535. The fraction of sp³-hybridized carbons (Fsp3) is 0.409. The van der Waals surface area contributed by atoms with Crippen molar-refractivity contribution in [1.82, 2.24) is 19.3 Å². The molecular formula is C22H26N4O5S. The van der Waals surface area contributed by atoms with Crippen LogP contribution in [0, 0.1) is 19.8 Å². The van der Waals surface area contributed by atoms with Crippen LogP contribution in [0.3, 0.4) is 0 Å². The maximum atomic E-state index is 13.4. The van der Waals surface area contributed by atoms with Gasteiger partial charge in [0.15, 0.2) is 5.76 Å². The predicted molar refractivity (Wildman–Crippen MR) is 115 cm³/mol. The van der Waals surface area contributed by atoms with Gasteiger partial charge in [-0.1, -0.05) is 11.2 Å². The van der Waals surface area contributed by atoms with E-state index in [4.69, 9.17) is 8.94 Å². The van der Waals surface area contributed by atoms with Crippen LogP contribution in [0.25, 0.3) is 0 Å². The first-order valence-corrected chi connectivity index (χ1v) is 11.9. The Hall–Kier alpha value is -2.98. The van der Waals surface area contributed by atoms with Crippen LogP contribution in [0.15, 0.2) is 56.8 Å². The third kappa shape index (κ3) is 4.61. The summed E-state index contributed by atoms with van der Waals surface area (Å²) in [5.74, 6) is 0.694. The number of piperidine rings is 1. The second-order valence-corrected chi connectivity index (χ2v) is 9.84. The van der Waals surface area contributed by atoms with E-state index in [9.17, 15) is 13.2 Å². The molecule has 0 spiro atoms. The molecule has 0 radical (unpaired) electrons. The molecule has 1 saturated heterocycles. The zero-order valence-corrected chi connectivity index (χ0v) is 18.9. The lowest BCUT2D eigenvalue weighted by Crippen LogP contribution is -2.44. The lowest BCUT2D eigenvalue weighted by atomic mass is 9.96. The highest BCUT2D eigenvalue weighted by molar-refractivity contribution is 7.89.